The molecule has 1 saturated carbocycles. The second kappa shape index (κ2) is 6.58. The molecule has 2 unspecified atom stereocenters. The molecule has 2 atom stereocenters. The molecule has 1 amide bonds. The lowest BCUT2D eigenvalue weighted by Crippen LogP contribution is -2.56. The second-order valence-corrected chi connectivity index (χ2v) is 7.50. The van der Waals surface area contributed by atoms with Crippen LogP contribution in [0.1, 0.15) is 68.9 Å². The number of carboxylic acids is 1. The summed E-state index contributed by atoms with van der Waals surface area (Å²) in [7, 11) is 0. The van der Waals surface area contributed by atoms with E-state index < -0.39 is 11.4 Å². The minimum atomic E-state index is -1.29. The van der Waals surface area contributed by atoms with Gasteiger partial charge in [0.1, 0.15) is 0 Å². The molecule has 0 bridgehead atoms. The van der Waals surface area contributed by atoms with Crippen molar-refractivity contribution in [2.45, 2.75) is 57.8 Å². The highest BCUT2D eigenvalue weighted by Crippen LogP contribution is 2.50. The van der Waals surface area contributed by atoms with Crippen molar-refractivity contribution in [3.05, 3.63) is 35.4 Å². The van der Waals surface area contributed by atoms with Gasteiger partial charge in [-0.2, -0.15) is 0 Å². The highest BCUT2D eigenvalue weighted by Gasteiger charge is 2.56. The molecule has 2 aliphatic rings. The Morgan fingerprint density at radius 3 is 2.46 bits per heavy atom. The molecule has 4 nitrogen and oxygen atoms in total. The van der Waals surface area contributed by atoms with Gasteiger partial charge in [0.2, 0.25) is 5.91 Å². The van der Waals surface area contributed by atoms with E-state index in [1.54, 1.807) is 4.90 Å². The van der Waals surface area contributed by atoms with Gasteiger partial charge in [0.15, 0.2) is 5.41 Å². The molecule has 24 heavy (non-hydrogen) atoms. The van der Waals surface area contributed by atoms with Crippen LogP contribution in [0.25, 0.3) is 0 Å². The van der Waals surface area contributed by atoms with Crippen LogP contribution < -0.4 is 0 Å². The van der Waals surface area contributed by atoms with Crippen LogP contribution in [0, 0.1) is 5.41 Å². The van der Waals surface area contributed by atoms with Crippen molar-refractivity contribution in [3.8, 4) is 0 Å². The Bertz CT molecular complexity index is 636. The van der Waals surface area contributed by atoms with Crippen molar-refractivity contribution in [3.63, 3.8) is 0 Å². The van der Waals surface area contributed by atoms with Gasteiger partial charge in [-0.15, -0.1) is 0 Å². The Labute approximate surface area is 143 Å². The molecule has 4 heteroatoms. The van der Waals surface area contributed by atoms with E-state index in [-0.39, 0.29) is 11.8 Å². The summed E-state index contributed by atoms with van der Waals surface area (Å²) in [5.74, 6) is -1.02. The molecule has 0 aromatic heterocycles. The fourth-order valence-corrected chi connectivity index (χ4v) is 4.35. The summed E-state index contributed by atoms with van der Waals surface area (Å²) in [4.78, 5) is 27.3. The molecule has 130 valence electrons. The summed E-state index contributed by atoms with van der Waals surface area (Å²) in [6, 6.07) is 8.08. The van der Waals surface area contributed by atoms with Crippen molar-refractivity contribution in [2.75, 3.05) is 13.1 Å². The van der Waals surface area contributed by atoms with Crippen molar-refractivity contribution in [2.24, 2.45) is 5.41 Å². The molecule has 3 rings (SSSR count). The van der Waals surface area contributed by atoms with Gasteiger partial charge < -0.3 is 10.0 Å². The van der Waals surface area contributed by atoms with Crippen LogP contribution in [-0.4, -0.2) is 35.0 Å². The van der Waals surface area contributed by atoms with Crippen LogP contribution in [0.15, 0.2) is 24.3 Å². The molecule has 1 aliphatic heterocycles. The van der Waals surface area contributed by atoms with Gasteiger partial charge in [-0.05, 0) is 36.3 Å². The Morgan fingerprint density at radius 2 is 1.88 bits per heavy atom. The predicted octanol–water partition coefficient (Wildman–Crippen LogP) is 3.77. The molecular weight excluding hydrogens is 302 g/mol. The number of carbonyl (C=O) groups is 2. The third-order valence-electron chi connectivity index (χ3n) is 5.81. The van der Waals surface area contributed by atoms with Crippen LogP contribution in [0.4, 0.5) is 0 Å². The van der Waals surface area contributed by atoms with Crippen LogP contribution in [0.5, 0.6) is 0 Å². The maximum Gasteiger partial charge on any atom is 0.319 e. The average molecular weight is 329 g/mol. The van der Waals surface area contributed by atoms with E-state index >= 15 is 0 Å². The second-order valence-electron chi connectivity index (χ2n) is 7.50. The Balaban J connectivity index is 2.09. The molecule has 2 fully saturated rings. The van der Waals surface area contributed by atoms with Gasteiger partial charge in [-0.1, -0.05) is 51.0 Å². The van der Waals surface area contributed by atoms with Crippen molar-refractivity contribution < 1.29 is 14.7 Å². The number of amides is 1. The molecule has 0 spiro atoms. The highest BCUT2D eigenvalue weighted by atomic mass is 16.4. The summed E-state index contributed by atoms with van der Waals surface area (Å²) in [5, 5.41) is 10.1. The zero-order valence-corrected chi connectivity index (χ0v) is 14.6. The van der Waals surface area contributed by atoms with Gasteiger partial charge in [0, 0.05) is 19.0 Å². The number of hydrogen-bond acceptors (Lipinski definition) is 2. The molecule has 1 saturated heterocycles. The smallest absolute Gasteiger partial charge is 0.319 e. The summed E-state index contributed by atoms with van der Waals surface area (Å²) in [6.45, 7) is 5.65. The topological polar surface area (TPSA) is 57.6 Å². The van der Waals surface area contributed by atoms with Crippen molar-refractivity contribution >= 4 is 11.9 Å². The first-order valence-electron chi connectivity index (χ1n) is 9.10. The fourth-order valence-electron chi connectivity index (χ4n) is 4.35. The van der Waals surface area contributed by atoms with Crippen LogP contribution in [-0.2, 0) is 9.59 Å². The van der Waals surface area contributed by atoms with Crippen LogP contribution >= 0.6 is 0 Å². The SMILES string of the molecule is CC(C)c1ccccc1C1CCCCC1(C(=O)O)C(=O)N1CCC1. The zero-order chi connectivity index (χ0) is 17.3. The number of carbonyl (C=O) groups excluding carboxylic acids is 1. The maximum atomic E-state index is 13.2. The lowest BCUT2D eigenvalue weighted by atomic mass is 9.61. The molecule has 1 N–H and O–H groups in total. The normalized spacial score (nSPS) is 27.0. The number of nitrogens with zero attached hydrogens (tertiary/aromatic N) is 1. The first-order valence-corrected chi connectivity index (χ1v) is 9.10. The molecule has 1 aromatic rings. The van der Waals surface area contributed by atoms with Gasteiger partial charge >= 0.3 is 5.97 Å². The molecule has 1 heterocycles. The first kappa shape index (κ1) is 17.0. The highest BCUT2D eigenvalue weighted by molar-refractivity contribution is 6.03. The number of rotatable bonds is 4. The monoisotopic (exact) mass is 329 g/mol. The lowest BCUT2D eigenvalue weighted by Gasteiger charge is -2.45. The number of aliphatic carboxylic acids is 1. The zero-order valence-electron chi connectivity index (χ0n) is 14.6. The summed E-state index contributed by atoms with van der Waals surface area (Å²) in [6.07, 6.45) is 4.00. The largest absolute Gasteiger partial charge is 0.480 e. The Morgan fingerprint density at radius 1 is 1.17 bits per heavy atom. The molecule has 1 aromatic carbocycles. The Hall–Kier alpha value is -1.84. The van der Waals surface area contributed by atoms with E-state index in [1.807, 2.05) is 18.2 Å². The number of hydrogen-bond donors (Lipinski definition) is 1. The summed E-state index contributed by atoms with van der Waals surface area (Å²) in [5.41, 5.74) is 0.943. The summed E-state index contributed by atoms with van der Waals surface area (Å²) >= 11 is 0. The molecular formula is C20H27NO3. The summed E-state index contributed by atoms with van der Waals surface area (Å²) < 4.78 is 0. The van der Waals surface area contributed by atoms with E-state index in [1.165, 1.54) is 5.56 Å². The minimum Gasteiger partial charge on any atom is -0.480 e. The van der Waals surface area contributed by atoms with E-state index in [2.05, 4.69) is 19.9 Å². The average Bonchev–Trinajstić information content (AvgIpc) is 2.52. The minimum absolute atomic E-state index is 0.162. The number of benzene rings is 1. The molecule has 1 aliphatic carbocycles. The number of likely N-dealkylation sites (tertiary alicyclic amines) is 1. The van der Waals surface area contributed by atoms with Crippen LogP contribution in [0.2, 0.25) is 0 Å². The third-order valence-corrected chi connectivity index (χ3v) is 5.81. The third kappa shape index (κ3) is 2.62. The van der Waals surface area contributed by atoms with Crippen molar-refractivity contribution in [1.82, 2.24) is 4.90 Å². The van der Waals surface area contributed by atoms with E-state index in [0.717, 1.165) is 31.2 Å². The quantitative estimate of drug-likeness (QED) is 0.856. The molecule has 0 radical (unpaired) electrons. The van der Waals surface area contributed by atoms with E-state index in [0.29, 0.717) is 25.4 Å². The van der Waals surface area contributed by atoms with Gasteiger partial charge in [0.25, 0.3) is 0 Å². The lowest BCUT2D eigenvalue weighted by molar-refractivity contribution is -0.167. The van der Waals surface area contributed by atoms with Crippen molar-refractivity contribution in [1.29, 1.82) is 0 Å². The first-order chi connectivity index (χ1) is 11.5. The maximum absolute atomic E-state index is 13.2. The van der Waals surface area contributed by atoms with Gasteiger partial charge in [0.05, 0.1) is 0 Å². The van der Waals surface area contributed by atoms with E-state index in [9.17, 15) is 14.7 Å². The number of carboxylic acid groups (broad SMARTS) is 1. The standard InChI is InChI=1S/C20H27NO3/c1-14(2)15-8-3-4-9-16(15)17-10-5-6-11-20(17,19(23)24)18(22)21-12-7-13-21/h3-4,8-9,14,17H,5-7,10-13H2,1-2H3,(H,23,24). The fraction of sp³-hybridized carbons (Fsp3) is 0.600. The van der Waals surface area contributed by atoms with Gasteiger partial charge in [-0.25, -0.2) is 0 Å². The van der Waals surface area contributed by atoms with Crippen LogP contribution in [0.3, 0.4) is 0 Å². The van der Waals surface area contributed by atoms with E-state index in [4.69, 9.17) is 0 Å². The Kier molecular flexibility index (Phi) is 4.66. The van der Waals surface area contributed by atoms with Gasteiger partial charge in [-0.3, -0.25) is 9.59 Å². The predicted molar refractivity (Wildman–Crippen MR) is 93.0 cm³/mol.